The molecule has 0 fully saturated rings. The van der Waals surface area contributed by atoms with Crippen LogP contribution in [0, 0.1) is 5.92 Å². The molecule has 0 bridgehead atoms. The molecule has 17 heavy (non-hydrogen) atoms. The van der Waals surface area contributed by atoms with Crippen LogP contribution < -0.4 is 5.32 Å². The summed E-state index contributed by atoms with van der Waals surface area (Å²) in [4.78, 5) is 4.28. The van der Waals surface area contributed by atoms with E-state index in [1.54, 1.807) is 6.33 Å². The lowest BCUT2D eigenvalue weighted by molar-refractivity contribution is 0.440. The first-order chi connectivity index (χ1) is 7.99. The molecule has 2 atom stereocenters. The first kappa shape index (κ1) is 14.5. The lowest BCUT2D eigenvalue weighted by Crippen LogP contribution is -2.29. The highest BCUT2D eigenvalue weighted by molar-refractivity contribution is 6.20. The van der Waals surface area contributed by atoms with E-state index in [-0.39, 0.29) is 5.38 Å². The molecule has 0 saturated carbocycles. The van der Waals surface area contributed by atoms with Gasteiger partial charge in [-0.05, 0) is 26.2 Å². The van der Waals surface area contributed by atoms with Crippen molar-refractivity contribution < 1.29 is 0 Å². The summed E-state index contributed by atoms with van der Waals surface area (Å²) in [5.41, 5.74) is 0. The highest BCUT2D eigenvalue weighted by Gasteiger charge is 2.09. The highest BCUT2D eigenvalue weighted by Crippen LogP contribution is 2.05. The van der Waals surface area contributed by atoms with Crippen LogP contribution in [0.15, 0.2) is 6.33 Å². The van der Waals surface area contributed by atoms with E-state index in [0.29, 0.717) is 12.0 Å². The Morgan fingerprint density at radius 1 is 1.35 bits per heavy atom. The molecule has 1 aromatic heterocycles. The van der Waals surface area contributed by atoms with E-state index in [1.807, 2.05) is 11.6 Å². The maximum absolute atomic E-state index is 5.96. The van der Waals surface area contributed by atoms with E-state index in [2.05, 4.69) is 36.2 Å². The van der Waals surface area contributed by atoms with Gasteiger partial charge in [0.1, 0.15) is 12.2 Å². The molecule has 0 aliphatic carbocycles. The average Bonchev–Trinajstić information content (AvgIpc) is 2.60. The number of aromatic nitrogens is 3. The Hall–Kier alpha value is -0.610. The molecule has 1 rings (SSSR count). The fourth-order valence-corrected chi connectivity index (χ4v) is 2.03. The second-order valence-electron chi connectivity index (χ2n) is 5.05. The van der Waals surface area contributed by atoms with Gasteiger partial charge in [0.25, 0.3) is 0 Å². The summed E-state index contributed by atoms with van der Waals surface area (Å²) < 4.78 is 1.97. The van der Waals surface area contributed by atoms with Crippen LogP contribution in [0.4, 0.5) is 0 Å². The van der Waals surface area contributed by atoms with Gasteiger partial charge in [-0.3, -0.25) is 0 Å². The van der Waals surface area contributed by atoms with Crippen molar-refractivity contribution in [3.05, 3.63) is 12.2 Å². The summed E-state index contributed by atoms with van der Waals surface area (Å²) in [5.74, 6) is 1.57. The van der Waals surface area contributed by atoms with Gasteiger partial charge >= 0.3 is 0 Å². The number of alkyl halides is 1. The van der Waals surface area contributed by atoms with E-state index in [9.17, 15) is 0 Å². The van der Waals surface area contributed by atoms with E-state index in [4.69, 9.17) is 11.6 Å². The first-order valence-corrected chi connectivity index (χ1v) is 6.66. The van der Waals surface area contributed by atoms with Crippen LogP contribution >= 0.6 is 11.6 Å². The molecule has 0 saturated heterocycles. The standard InChI is InChI=1S/C12H23ClN4/c1-9(2)7-17-12(15-8-16-17)6-14-11(4)5-10(3)13/h8-11,14H,5-7H2,1-4H3. The second kappa shape index (κ2) is 6.97. The quantitative estimate of drug-likeness (QED) is 0.764. The van der Waals surface area contributed by atoms with Gasteiger partial charge in [0.05, 0.1) is 6.54 Å². The smallest absolute Gasteiger partial charge is 0.140 e. The van der Waals surface area contributed by atoms with Gasteiger partial charge in [-0.1, -0.05) is 13.8 Å². The summed E-state index contributed by atoms with van der Waals surface area (Å²) in [6, 6.07) is 0.395. The normalized spacial score (nSPS) is 15.2. The molecule has 1 N–H and O–H groups in total. The number of nitrogens with one attached hydrogen (secondary N) is 1. The number of hydrogen-bond acceptors (Lipinski definition) is 3. The first-order valence-electron chi connectivity index (χ1n) is 6.23. The van der Waals surface area contributed by atoms with E-state index < -0.39 is 0 Å². The fourth-order valence-electron chi connectivity index (χ4n) is 1.76. The van der Waals surface area contributed by atoms with Crippen LogP contribution in [0.3, 0.4) is 0 Å². The largest absolute Gasteiger partial charge is 0.307 e. The van der Waals surface area contributed by atoms with E-state index in [0.717, 1.165) is 25.3 Å². The Bertz CT molecular complexity index is 322. The third kappa shape index (κ3) is 5.50. The number of rotatable bonds is 7. The van der Waals surface area contributed by atoms with Crippen molar-refractivity contribution in [2.24, 2.45) is 5.92 Å². The lowest BCUT2D eigenvalue weighted by Gasteiger charge is -2.15. The maximum atomic E-state index is 5.96. The van der Waals surface area contributed by atoms with Crippen molar-refractivity contribution in [3.63, 3.8) is 0 Å². The molecule has 1 heterocycles. The van der Waals surface area contributed by atoms with Crippen LogP contribution in [-0.2, 0) is 13.1 Å². The second-order valence-corrected chi connectivity index (χ2v) is 5.80. The topological polar surface area (TPSA) is 42.7 Å². The third-order valence-electron chi connectivity index (χ3n) is 2.52. The molecule has 0 aliphatic heterocycles. The van der Waals surface area contributed by atoms with Crippen molar-refractivity contribution in [3.8, 4) is 0 Å². The van der Waals surface area contributed by atoms with Crippen LogP contribution in [0.5, 0.6) is 0 Å². The van der Waals surface area contributed by atoms with Gasteiger partial charge in [0, 0.05) is 18.0 Å². The zero-order chi connectivity index (χ0) is 12.8. The zero-order valence-electron chi connectivity index (χ0n) is 11.2. The minimum atomic E-state index is 0.200. The molecule has 5 heteroatoms. The SMILES string of the molecule is CC(C)Cn1ncnc1CNC(C)CC(C)Cl. The van der Waals surface area contributed by atoms with Crippen molar-refractivity contribution in [2.45, 2.75) is 58.6 Å². The Kier molecular flexibility index (Phi) is 5.92. The van der Waals surface area contributed by atoms with E-state index >= 15 is 0 Å². The maximum Gasteiger partial charge on any atom is 0.140 e. The molecule has 2 unspecified atom stereocenters. The summed E-state index contributed by atoms with van der Waals surface area (Å²) in [6.45, 7) is 10.2. The van der Waals surface area contributed by atoms with Gasteiger partial charge < -0.3 is 5.32 Å². The molecule has 0 aliphatic rings. The summed E-state index contributed by atoms with van der Waals surface area (Å²) in [6.07, 6.45) is 2.58. The predicted octanol–water partition coefficient (Wildman–Crippen LogP) is 2.43. The Morgan fingerprint density at radius 2 is 2.06 bits per heavy atom. The summed E-state index contributed by atoms with van der Waals surface area (Å²) >= 11 is 5.96. The molecule has 0 radical (unpaired) electrons. The molecule has 0 aromatic carbocycles. The van der Waals surface area contributed by atoms with E-state index in [1.165, 1.54) is 0 Å². The molecule has 0 spiro atoms. The van der Waals surface area contributed by atoms with Crippen LogP contribution in [-0.4, -0.2) is 26.2 Å². The number of halogens is 1. The minimum Gasteiger partial charge on any atom is -0.307 e. The monoisotopic (exact) mass is 258 g/mol. The van der Waals surface area contributed by atoms with Crippen LogP contribution in [0.2, 0.25) is 0 Å². The predicted molar refractivity (Wildman–Crippen MR) is 71.1 cm³/mol. The van der Waals surface area contributed by atoms with Gasteiger partial charge in [0.15, 0.2) is 0 Å². The van der Waals surface area contributed by atoms with Gasteiger partial charge in [-0.25, -0.2) is 9.67 Å². The van der Waals surface area contributed by atoms with Crippen molar-refractivity contribution in [2.75, 3.05) is 0 Å². The van der Waals surface area contributed by atoms with Crippen molar-refractivity contribution in [1.29, 1.82) is 0 Å². The molecule has 1 aromatic rings. The minimum absolute atomic E-state index is 0.200. The third-order valence-corrected chi connectivity index (χ3v) is 2.70. The van der Waals surface area contributed by atoms with Gasteiger partial charge in [-0.15, -0.1) is 11.6 Å². The van der Waals surface area contributed by atoms with Crippen molar-refractivity contribution in [1.82, 2.24) is 20.1 Å². The number of nitrogens with zero attached hydrogens (tertiary/aromatic N) is 3. The molecular formula is C12H23ClN4. The van der Waals surface area contributed by atoms with Crippen LogP contribution in [0.25, 0.3) is 0 Å². The zero-order valence-corrected chi connectivity index (χ0v) is 11.9. The number of hydrogen-bond donors (Lipinski definition) is 1. The lowest BCUT2D eigenvalue weighted by atomic mass is 10.2. The molecular weight excluding hydrogens is 236 g/mol. The van der Waals surface area contributed by atoms with Crippen molar-refractivity contribution >= 4 is 11.6 Å². The molecule has 98 valence electrons. The summed E-state index contributed by atoms with van der Waals surface area (Å²) in [7, 11) is 0. The Balaban J connectivity index is 2.43. The Morgan fingerprint density at radius 3 is 2.65 bits per heavy atom. The Labute approximate surface area is 109 Å². The fraction of sp³-hybridized carbons (Fsp3) is 0.833. The van der Waals surface area contributed by atoms with Gasteiger partial charge in [-0.2, -0.15) is 5.10 Å². The molecule has 0 amide bonds. The van der Waals surface area contributed by atoms with Crippen LogP contribution in [0.1, 0.15) is 39.9 Å². The highest BCUT2D eigenvalue weighted by atomic mass is 35.5. The van der Waals surface area contributed by atoms with Gasteiger partial charge in [0.2, 0.25) is 0 Å². The molecule has 4 nitrogen and oxygen atoms in total. The summed E-state index contributed by atoms with van der Waals surface area (Å²) in [5, 5.41) is 7.86. The average molecular weight is 259 g/mol.